The molecule has 0 saturated carbocycles. The average Bonchev–Trinajstić information content (AvgIpc) is 2.78. The van der Waals surface area contributed by atoms with Crippen LogP contribution in [-0.4, -0.2) is 15.0 Å². The number of nitrogens with one attached hydrogen (secondary N) is 1. The average molecular weight is 244 g/mol. The summed E-state index contributed by atoms with van der Waals surface area (Å²) in [7, 11) is 0. The highest BCUT2D eigenvalue weighted by molar-refractivity contribution is 5.38. The first-order valence-electron chi connectivity index (χ1n) is 6.43. The van der Waals surface area contributed by atoms with Gasteiger partial charge in [-0.25, -0.2) is 4.68 Å². The lowest BCUT2D eigenvalue weighted by atomic mass is 10.0. The van der Waals surface area contributed by atoms with E-state index in [1.165, 1.54) is 11.1 Å². The van der Waals surface area contributed by atoms with Crippen LogP contribution in [0.5, 0.6) is 0 Å². The number of aromatic nitrogens is 3. The van der Waals surface area contributed by atoms with E-state index in [1.54, 1.807) is 6.20 Å². The van der Waals surface area contributed by atoms with Gasteiger partial charge in [-0.3, -0.25) is 0 Å². The van der Waals surface area contributed by atoms with Crippen LogP contribution in [0, 0.1) is 6.92 Å². The van der Waals surface area contributed by atoms with Crippen LogP contribution in [0.2, 0.25) is 0 Å². The molecule has 0 radical (unpaired) electrons. The van der Waals surface area contributed by atoms with Crippen molar-refractivity contribution in [3.8, 4) is 0 Å². The highest BCUT2D eigenvalue weighted by Crippen LogP contribution is 2.21. The van der Waals surface area contributed by atoms with Crippen molar-refractivity contribution in [1.82, 2.24) is 15.0 Å². The molecule has 4 nitrogen and oxygen atoms in total. The van der Waals surface area contributed by atoms with Crippen LogP contribution >= 0.6 is 0 Å². The molecular weight excluding hydrogens is 224 g/mol. The summed E-state index contributed by atoms with van der Waals surface area (Å²) in [6.07, 6.45) is 2.83. The fraction of sp³-hybridized carbons (Fsp3) is 0.429. The lowest BCUT2D eigenvalue weighted by molar-refractivity contribution is 0.580. The molecule has 0 aliphatic heterocycles. The number of aryl methyl sites for hydroxylation is 2. The normalized spacial score (nSPS) is 12.4. The van der Waals surface area contributed by atoms with Crippen LogP contribution in [0.1, 0.15) is 37.4 Å². The summed E-state index contributed by atoms with van der Waals surface area (Å²) in [5.41, 5.74) is 2.61. The molecule has 1 aromatic carbocycles. The first-order chi connectivity index (χ1) is 8.72. The summed E-state index contributed by atoms with van der Waals surface area (Å²) >= 11 is 0. The Morgan fingerprint density at radius 1 is 1.33 bits per heavy atom. The maximum Gasteiger partial charge on any atom is 0.145 e. The summed E-state index contributed by atoms with van der Waals surface area (Å²) in [6.45, 7) is 7.32. The van der Waals surface area contributed by atoms with Gasteiger partial charge in [-0.05, 0) is 31.4 Å². The van der Waals surface area contributed by atoms with Crippen molar-refractivity contribution in [3.05, 3.63) is 41.6 Å². The van der Waals surface area contributed by atoms with Gasteiger partial charge in [0.05, 0.1) is 12.2 Å². The summed E-state index contributed by atoms with van der Waals surface area (Å²) in [5.74, 6) is 0.979. The fourth-order valence-corrected chi connectivity index (χ4v) is 2.12. The third-order valence-electron chi connectivity index (χ3n) is 3.07. The minimum absolute atomic E-state index is 0.250. The molecule has 2 aromatic rings. The molecule has 1 aromatic heterocycles. The zero-order chi connectivity index (χ0) is 13.0. The SMILES string of the molecule is CCCn1nncc1NC(C)c1ccccc1C. The minimum Gasteiger partial charge on any atom is -0.362 e. The first kappa shape index (κ1) is 12.6. The number of rotatable bonds is 5. The standard InChI is InChI=1S/C14H20N4/c1-4-9-18-14(10-15-17-18)16-12(3)13-8-6-5-7-11(13)2/h5-8,10,12,16H,4,9H2,1-3H3. The largest absolute Gasteiger partial charge is 0.362 e. The molecule has 1 heterocycles. The van der Waals surface area contributed by atoms with Crippen LogP contribution in [0.3, 0.4) is 0 Å². The van der Waals surface area contributed by atoms with Gasteiger partial charge in [-0.1, -0.05) is 36.4 Å². The predicted octanol–water partition coefficient (Wildman–Crippen LogP) is 3.17. The van der Waals surface area contributed by atoms with Gasteiger partial charge >= 0.3 is 0 Å². The summed E-state index contributed by atoms with van der Waals surface area (Å²) in [6, 6.07) is 8.67. The molecule has 0 bridgehead atoms. The van der Waals surface area contributed by atoms with Crippen LogP contribution in [0.25, 0.3) is 0 Å². The summed E-state index contributed by atoms with van der Waals surface area (Å²) < 4.78 is 1.91. The Hall–Kier alpha value is -1.84. The second kappa shape index (κ2) is 5.67. The highest BCUT2D eigenvalue weighted by atomic mass is 15.5. The topological polar surface area (TPSA) is 42.7 Å². The summed E-state index contributed by atoms with van der Waals surface area (Å²) in [4.78, 5) is 0. The van der Waals surface area contributed by atoms with E-state index in [9.17, 15) is 0 Å². The van der Waals surface area contributed by atoms with Gasteiger partial charge in [0.15, 0.2) is 0 Å². The quantitative estimate of drug-likeness (QED) is 0.878. The van der Waals surface area contributed by atoms with E-state index in [0.717, 1.165) is 18.8 Å². The van der Waals surface area contributed by atoms with E-state index >= 15 is 0 Å². The van der Waals surface area contributed by atoms with Gasteiger partial charge < -0.3 is 5.32 Å². The van der Waals surface area contributed by atoms with E-state index in [2.05, 4.69) is 60.7 Å². The monoisotopic (exact) mass is 244 g/mol. The molecular formula is C14H20N4. The van der Waals surface area contributed by atoms with Crippen LogP contribution in [0.4, 0.5) is 5.82 Å². The van der Waals surface area contributed by atoms with Gasteiger partial charge in [-0.2, -0.15) is 0 Å². The lowest BCUT2D eigenvalue weighted by Gasteiger charge is -2.17. The van der Waals surface area contributed by atoms with E-state index in [4.69, 9.17) is 0 Å². The Morgan fingerprint density at radius 3 is 2.83 bits per heavy atom. The minimum atomic E-state index is 0.250. The van der Waals surface area contributed by atoms with Gasteiger partial charge in [-0.15, -0.1) is 5.10 Å². The number of anilines is 1. The third kappa shape index (κ3) is 2.70. The Morgan fingerprint density at radius 2 is 2.11 bits per heavy atom. The van der Waals surface area contributed by atoms with E-state index in [1.807, 2.05) is 4.68 Å². The van der Waals surface area contributed by atoms with Crippen LogP contribution < -0.4 is 5.32 Å². The zero-order valence-electron chi connectivity index (χ0n) is 11.2. The molecule has 0 aliphatic rings. The van der Waals surface area contributed by atoms with Gasteiger partial charge in [0.25, 0.3) is 0 Å². The van der Waals surface area contributed by atoms with Crippen molar-refractivity contribution < 1.29 is 0 Å². The zero-order valence-corrected chi connectivity index (χ0v) is 11.2. The van der Waals surface area contributed by atoms with E-state index in [-0.39, 0.29) is 6.04 Å². The Balaban J connectivity index is 2.14. The molecule has 18 heavy (non-hydrogen) atoms. The Bertz CT molecular complexity index is 504. The number of nitrogens with zero attached hydrogens (tertiary/aromatic N) is 3. The molecule has 1 N–H and O–H groups in total. The molecule has 0 amide bonds. The predicted molar refractivity (Wildman–Crippen MR) is 73.5 cm³/mol. The maximum absolute atomic E-state index is 4.08. The number of hydrogen-bond acceptors (Lipinski definition) is 3. The molecule has 0 spiro atoms. The fourth-order valence-electron chi connectivity index (χ4n) is 2.12. The number of benzene rings is 1. The van der Waals surface area contributed by atoms with Crippen molar-refractivity contribution in [2.45, 2.75) is 39.8 Å². The van der Waals surface area contributed by atoms with Gasteiger partial charge in [0.2, 0.25) is 0 Å². The Kier molecular flexibility index (Phi) is 3.97. The summed E-state index contributed by atoms with van der Waals surface area (Å²) in [5, 5.41) is 11.5. The molecule has 1 atom stereocenters. The van der Waals surface area contributed by atoms with Gasteiger partial charge in [0.1, 0.15) is 5.82 Å². The molecule has 0 fully saturated rings. The van der Waals surface area contributed by atoms with Crippen molar-refractivity contribution in [3.63, 3.8) is 0 Å². The second-order valence-electron chi connectivity index (χ2n) is 4.57. The van der Waals surface area contributed by atoms with E-state index < -0.39 is 0 Å². The third-order valence-corrected chi connectivity index (χ3v) is 3.07. The smallest absolute Gasteiger partial charge is 0.145 e. The van der Waals surface area contributed by atoms with Crippen molar-refractivity contribution in [2.75, 3.05) is 5.32 Å². The molecule has 96 valence electrons. The Labute approximate surface area is 108 Å². The lowest BCUT2D eigenvalue weighted by Crippen LogP contribution is -2.12. The highest BCUT2D eigenvalue weighted by Gasteiger charge is 2.10. The first-order valence-corrected chi connectivity index (χ1v) is 6.43. The molecule has 2 rings (SSSR count). The van der Waals surface area contributed by atoms with Crippen molar-refractivity contribution in [1.29, 1.82) is 0 Å². The maximum atomic E-state index is 4.08. The van der Waals surface area contributed by atoms with Crippen molar-refractivity contribution in [2.24, 2.45) is 0 Å². The molecule has 0 saturated heterocycles. The molecule has 0 aliphatic carbocycles. The van der Waals surface area contributed by atoms with Crippen LogP contribution in [-0.2, 0) is 6.54 Å². The van der Waals surface area contributed by atoms with Crippen LogP contribution in [0.15, 0.2) is 30.5 Å². The molecule has 1 unspecified atom stereocenters. The number of hydrogen-bond donors (Lipinski definition) is 1. The van der Waals surface area contributed by atoms with E-state index in [0.29, 0.717) is 0 Å². The van der Waals surface area contributed by atoms with Crippen molar-refractivity contribution >= 4 is 5.82 Å². The molecule has 4 heteroatoms. The van der Waals surface area contributed by atoms with Gasteiger partial charge in [0, 0.05) is 6.54 Å². The second-order valence-corrected chi connectivity index (χ2v) is 4.57.